The quantitative estimate of drug-likeness (QED) is 0.733. The lowest BCUT2D eigenvalue weighted by molar-refractivity contribution is -0.136. The second kappa shape index (κ2) is 8.12. The SMILES string of the molecule is Cn1cncc1CN1CCC(c2cc(F)cc3c2CN(C2CCC(=O)NC2=O)C3=O)CC1. The molecule has 0 aliphatic carbocycles. The summed E-state index contributed by atoms with van der Waals surface area (Å²) in [5.74, 6) is -1.36. The highest BCUT2D eigenvalue weighted by Crippen LogP contribution is 2.37. The molecule has 2 aromatic rings. The van der Waals surface area contributed by atoms with E-state index in [4.69, 9.17) is 0 Å². The minimum Gasteiger partial charge on any atom is -0.337 e. The summed E-state index contributed by atoms with van der Waals surface area (Å²) in [6.07, 6.45) is 5.92. The van der Waals surface area contributed by atoms with Crippen molar-refractivity contribution in [2.24, 2.45) is 7.05 Å². The average Bonchev–Trinajstić information content (AvgIpc) is 3.31. The Kier molecular flexibility index (Phi) is 5.28. The molecule has 3 aliphatic rings. The van der Waals surface area contributed by atoms with Gasteiger partial charge in [0.25, 0.3) is 5.91 Å². The van der Waals surface area contributed by atoms with Gasteiger partial charge in [-0.15, -0.1) is 0 Å². The molecule has 5 rings (SSSR count). The van der Waals surface area contributed by atoms with Gasteiger partial charge in [0.2, 0.25) is 11.8 Å². The van der Waals surface area contributed by atoms with Crippen LogP contribution in [0, 0.1) is 5.82 Å². The van der Waals surface area contributed by atoms with Crippen molar-refractivity contribution in [2.75, 3.05) is 13.1 Å². The number of hydrogen-bond donors (Lipinski definition) is 1. The number of aromatic nitrogens is 2. The number of imidazole rings is 1. The Morgan fingerprint density at radius 2 is 1.94 bits per heavy atom. The van der Waals surface area contributed by atoms with E-state index >= 15 is 0 Å². The van der Waals surface area contributed by atoms with Crippen molar-refractivity contribution in [3.63, 3.8) is 0 Å². The van der Waals surface area contributed by atoms with Crippen molar-refractivity contribution < 1.29 is 18.8 Å². The predicted octanol–water partition coefficient (Wildman–Crippen LogP) is 1.70. The molecule has 0 bridgehead atoms. The number of fused-ring (bicyclic) bond motifs is 1. The highest BCUT2D eigenvalue weighted by Gasteiger charge is 2.41. The molecular weight excluding hydrogens is 413 g/mol. The third-order valence-electron chi connectivity index (χ3n) is 6.98. The minimum atomic E-state index is -0.691. The van der Waals surface area contributed by atoms with Gasteiger partial charge in [0.1, 0.15) is 11.9 Å². The number of aryl methyl sites for hydroxylation is 1. The van der Waals surface area contributed by atoms with E-state index in [1.807, 2.05) is 17.8 Å². The van der Waals surface area contributed by atoms with Crippen LogP contribution in [-0.2, 0) is 29.7 Å². The normalized spacial score (nSPS) is 22.4. The zero-order chi connectivity index (χ0) is 22.4. The molecule has 1 unspecified atom stereocenters. The summed E-state index contributed by atoms with van der Waals surface area (Å²) in [4.78, 5) is 44.9. The molecule has 4 heterocycles. The summed E-state index contributed by atoms with van der Waals surface area (Å²) in [6, 6.07) is 2.15. The van der Waals surface area contributed by atoms with Crippen molar-refractivity contribution in [1.29, 1.82) is 0 Å². The number of amides is 3. The van der Waals surface area contributed by atoms with Gasteiger partial charge in [0, 0.05) is 38.3 Å². The molecule has 3 aliphatic heterocycles. The maximum Gasteiger partial charge on any atom is 0.255 e. The molecule has 1 N–H and O–H groups in total. The lowest BCUT2D eigenvalue weighted by atomic mass is 9.85. The zero-order valence-electron chi connectivity index (χ0n) is 18.0. The monoisotopic (exact) mass is 439 g/mol. The summed E-state index contributed by atoms with van der Waals surface area (Å²) in [5.41, 5.74) is 3.21. The number of nitrogens with one attached hydrogen (secondary N) is 1. The van der Waals surface area contributed by atoms with Gasteiger partial charge in [0.15, 0.2) is 0 Å². The number of rotatable bonds is 4. The molecule has 1 aromatic heterocycles. The lowest BCUT2D eigenvalue weighted by Crippen LogP contribution is -2.52. The van der Waals surface area contributed by atoms with E-state index in [9.17, 15) is 18.8 Å². The fourth-order valence-electron chi connectivity index (χ4n) is 5.19. The predicted molar refractivity (Wildman–Crippen MR) is 113 cm³/mol. The van der Waals surface area contributed by atoms with Crippen LogP contribution in [-0.4, -0.2) is 56.2 Å². The molecule has 0 radical (unpaired) electrons. The van der Waals surface area contributed by atoms with Gasteiger partial charge in [-0.1, -0.05) is 0 Å². The van der Waals surface area contributed by atoms with Crippen LogP contribution in [0.1, 0.15) is 58.8 Å². The Morgan fingerprint density at radius 1 is 1.16 bits per heavy atom. The molecule has 8 nitrogen and oxygen atoms in total. The van der Waals surface area contributed by atoms with E-state index in [2.05, 4.69) is 15.2 Å². The second-order valence-corrected chi connectivity index (χ2v) is 8.97. The van der Waals surface area contributed by atoms with Gasteiger partial charge < -0.3 is 9.47 Å². The van der Waals surface area contributed by atoms with Crippen LogP contribution in [0.2, 0.25) is 0 Å². The van der Waals surface area contributed by atoms with Gasteiger partial charge in [-0.25, -0.2) is 9.37 Å². The highest BCUT2D eigenvalue weighted by atomic mass is 19.1. The first kappa shape index (κ1) is 20.8. The van der Waals surface area contributed by atoms with E-state index in [1.54, 1.807) is 12.4 Å². The van der Waals surface area contributed by atoms with E-state index in [0.29, 0.717) is 12.0 Å². The molecule has 168 valence electrons. The summed E-state index contributed by atoms with van der Waals surface area (Å²) in [5, 5.41) is 2.31. The Bertz CT molecular complexity index is 1090. The number of halogens is 1. The average molecular weight is 439 g/mol. The topological polar surface area (TPSA) is 87.5 Å². The largest absolute Gasteiger partial charge is 0.337 e. The summed E-state index contributed by atoms with van der Waals surface area (Å²) < 4.78 is 16.5. The molecule has 0 saturated carbocycles. The first-order valence-electron chi connectivity index (χ1n) is 11.0. The first-order valence-corrected chi connectivity index (χ1v) is 11.0. The van der Waals surface area contributed by atoms with Crippen molar-refractivity contribution in [3.05, 3.63) is 52.9 Å². The van der Waals surface area contributed by atoms with E-state index in [1.165, 1.54) is 11.0 Å². The van der Waals surface area contributed by atoms with Gasteiger partial charge in [-0.05, 0) is 61.5 Å². The Balaban J connectivity index is 1.33. The highest BCUT2D eigenvalue weighted by molar-refractivity contribution is 6.05. The van der Waals surface area contributed by atoms with Crippen molar-refractivity contribution in [3.8, 4) is 0 Å². The van der Waals surface area contributed by atoms with E-state index < -0.39 is 17.8 Å². The Hall–Kier alpha value is -3.07. The van der Waals surface area contributed by atoms with Crippen LogP contribution in [0.25, 0.3) is 0 Å². The zero-order valence-corrected chi connectivity index (χ0v) is 18.0. The Labute approximate surface area is 185 Å². The fraction of sp³-hybridized carbons (Fsp3) is 0.478. The summed E-state index contributed by atoms with van der Waals surface area (Å²) in [7, 11) is 1.98. The molecular formula is C23H26FN5O3. The van der Waals surface area contributed by atoms with Crippen LogP contribution < -0.4 is 5.32 Å². The number of benzene rings is 1. The van der Waals surface area contributed by atoms with Crippen LogP contribution in [0.4, 0.5) is 4.39 Å². The van der Waals surface area contributed by atoms with Gasteiger partial charge in [-0.3, -0.25) is 24.6 Å². The Morgan fingerprint density at radius 3 is 2.62 bits per heavy atom. The maximum atomic E-state index is 14.5. The molecule has 9 heteroatoms. The number of carbonyl (C=O) groups excluding carboxylic acids is 3. The smallest absolute Gasteiger partial charge is 0.255 e. The molecule has 2 fully saturated rings. The minimum absolute atomic E-state index is 0.164. The molecule has 2 saturated heterocycles. The van der Waals surface area contributed by atoms with Gasteiger partial charge in [0.05, 0.1) is 12.0 Å². The maximum absolute atomic E-state index is 14.5. The van der Waals surface area contributed by atoms with Crippen molar-refractivity contribution in [2.45, 2.75) is 50.7 Å². The van der Waals surface area contributed by atoms with Gasteiger partial charge >= 0.3 is 0 Å². The third kappa shape index (κ3) is 3.70. The third-order valence-corrected chi connectivity index (χ3v) is 6.98. The number of carbonyl (C=O) groups is 3. The molecule has 32 heavy (non-hydrogen) atoms. The van der Waals surface area contributed by atoms with E-state index in [0.717, 1.165) is 49.3 Å². The number of hydrogen-bond acceptors (Lipinski definition) is 5. The summed E-state index contributed by atoms with van der Waals surface area (Å²) in [6.45, 7) is 2.87. The van der Waals surface area contributed by atoms with Crippen LogP contribution in [0.3, 0.4) is 0 Å². The first-order chi connectivity index (χ1) is 15.4. The molecule has 3 amide bonds. The standard InChI is InChI=1S/C23H26FN5O3/c1-27-13-25-10-16(27)11-28-6-4-14(5-7-28)17-8-15(24)9-18-19(17)12-29(23(18)32)20-2-3-21(30)26-22(20)31/h8-10,13-14,20H,2-7,11-12H2,1H3,(H,26,30,31). The van der Waals surface area contributed by atoms with Gasteiger partial charge in [-0.2, -0.15) is 0 Å². The number of imide groups is 1. The van der Waals surface area contributed by atoms with Crippen molar-refractivity contribution >= 4 is 17.7 Å². The van der Waals surface area contributed by atoms with Crippen molar-refractivity contribution in [1.82, 2.24) is 24.7 Å². The fourth-order valence-corrected chi connectivity index (χ4v) is 5.19. The van der Waals surface area contributed by atoms with Crippen LogP contribution in [0.15, 0.2) is 24.7 Å². The second-order valence-electron chi connectivity index (χ2n) is 8.97. The number of piperidine rings is 2. The number of likely N-dealkylation sites (tertiary alicyclic amines) is 1. The van der Waals surface area contributed by atoms with Crippen LogP contribution >= 0.6 is 0 Å². The molecule has 1 atom stereocenters. The van der Waals surface area contributed by atoms with Crippen LogP contribution in [0.5, 0.6) is 0 Å². The molecule has 1 aromatic carbocycles. The van der Waals surface area contributed by atoms with E-state index in [-0.39, 0.29) is 30.7 Å². The summed E-state index contributed by atoms with van der Waals surface area (Å²) >= 11 is 0. The molecule has 0 spiro atoms. The lowest BCUT2D eigenvalue weighted by Gasteiger charge is -2.33. The number of nitrogens with zero attached hydrogens (tertiary/aromatic N) is 4.